The minimum absolute atomic E-state index is 0.0125. The smallest absolute Gasteiger partial charge is 0.180 e. The zero-order chi connectivity index (χ0) is 10.0. The quantitative estimate of drug-likeness (QED) is 0.669. The van der Waals surface area contributed by atoms with Crippen molar-refractivity contribution in [1.29, 1.82) is 0 Å². The Balaban J connectivity index is 3.33. The Morgan fingerprint density at radius 3 is 2.62 bits per heavy atom. The molecule has 0 radical (unpaired) electrons. The van der Waals surface area contributed by atoms with E-state index in [4.69, 9.17) is 5.73 Å². The van der Waals surface area contributed by atoms with Crippen molar-refractivity contribution in [3.63, 3.8) is 0 Å². The molecule has 0 fully saturated rings. The number of aryl methyl sites for hydroxylation is 1. The van der Waals surface area contributed by atoms with Crippen molar-refractivity contribution < 1.29 is 9.90 Å². The van der Waals surface area contributed by atoms with Crippen LogP contribution in [0, 0.1) is 13.8 Å². The molecular weight excluding hydrogens is 166 g/mol. The van der Waals surface area contributed by atoms with Crippen LogP contribution in [0.1, 0.15) is 21.5 Å². The third kappa shape index (κ3) is 1.70. The highest BCUT2D eigenvalue weighted by Gasteiger charge is 2.13. The summed E-state index contributed by atoms with van der Waals surface area (Å²) in [5, 5.41) is 9.44. The van der Waals surface area contributed by atoms with E-state index in [1.807, 2.05) is 6.92 Å². The van der Waals surface area contributed by atoms with Crippen LogP contribution in [-0.2, 0) is 0 Å². The van der Waals surface area contributed by atoms with Crippen molar-refractivity contribution in [2.45, 2.75) is 13.8 Å². The summed E-state index contributed by atoms with van der Waals surface area (Å²) in [6, 6.07) is 3.29. The molecule has 0 bridgehead atoms. The van der Waals surface area contributed by atoms with E-state index in [0.717, 1.165) is 11.1 Å². The fourth-order valence-corrected chi connectivity index (χ4v) is 1.26. The van der Waals surface area contributed by atoms with E-state index in [9.17, 15) is 9.90 Å². The first kappa shape index (κ1) is 9.74. The van der Waals surface area contributed by atoms with Crippen LogP contribution in [0.2, 0.25) is 0 Å². The van der Waals surface area contributed by atoms with E-state index in [-0.39, 0.29) is 18.1 Å². The van der Waals surface area contributed by atoms with Gasteiger partial charge in [0.25, 0.3) is 0 Å². The Morgan fingerprint density at radius 1 is 1.46 bits per heavy atom. The van der Waals surface area contributed by atoms with Gasteiger partial charge in [0, 0.05) is 0 Å². The predicted octanol–water partition coefficient (Wildman–Crippen LogP) is 1.15. The lowest BCUT2D eigenvalue weighted by molar-refractivity contribution is 0.0998. The molecule has 0 spiro atoms. The molecule has 0 aliphatic heterocycles. The Hall–Kier alpha value is -1.35. The third-order valence-electron chi connectivity index (χ3n) is 2.18. The highest BCUT2D eigenvalue weighted by atomic mass is 16.3. The van der Waals surface area contributed by atoms with E-state index in [2.05, 4.69) is 0 Å². The molecule has 3 N–H and O–H groups in total. The molecule has 13 heavy (non-hydrogen) atoms. The van der Waals surface area contributed by atoms with E-state index in [1.54, 1.807) is 13.0 Å². The summed E-state index contributed by atoms with van der Waals surface area (Å²) in [7, 11) is 0. The second-order valence-corrected chi connectivity index (χ2v) is 3.03. The first-order valence-electron chi connectivity index (χ1n) is 4.10. The lowest BCUT2D eigenvalue weighted by atomic mass is 9.99. The first-order chi connectivity index (χ1) is 6.07. The van der Waals surface area contributed by atoms with Gasteiger partial charge in [-0.1, -0.05) is 6.07 Å². The first-order valence-corrected chi connectivity index (χ1v) is 4.10. The van der Waals surface area contributed by atoms with Gasteiger partial charge in [-0.15, -0.1) is 0 Å². The number of phenols is 1. The maximum atomic E-state index is 11.3. The summed E-state index contributed by atoms with van der Waals surface area (Å²) in [5.74, 6) is -0.211. The van der Waals surface area contributed by atoms with E-state index in [1.165, 1.54) is 6.07 Å². The molecule has 0 amide bonds. The number of phenolic OH excluding ortho intramolecular Hbond substituents is 1. The number of benzene rings is 1. The molecule has 3 nitrogen and oxygen atoms in total. The van der Waals surface area contributed by atoms with Crippen LogP contribution in [-0.4, -0.2) is 17.4 Å². The average molecular weight is 179 g/mol. The van der Waals surface area contributed by atoms with Gasteiger partial charge < -0.3 is 10.8 Å². The molecule has 0 aliphatic rings. The van der Waals surface area contributed by atoms with Crippen molar-refractivity contribution in [1.82, 2.24) is 0 Å². The van der Waals surface area contributed by atoms with E-state index < -0.39 is 0 Å². The van der Waals surface area contributed by atoms with Crippen molar-refractivity contribution in [2.24, 2.45) is 5.73 Å². The fourth-order valence-electron chi connectivity index (χ4n) is 1.26. The zero-order valence-electron chi connectivity index (χ0n) is 7.79. The van der Waals surface area contributed by atoms with E-state index in [0.29, 0.717) is 5.56 Å². The SMILES string of the molecule is Cc1ccc(O)c(C(=O)CN)c1C. The third-order valence-corrected chi connectivity index (χ3v) is 2.18. The molecular formula is C10H13NO2. The van der Waals surface area contributed by atoms with Gasteiger partial charge >= 0.3 is 0 Å². The summed E-state index contributed by atoms with van der Waals surface area (Å²) < 4.78 is 0. The fraction of sp³-hybridized carbons (Fsp3) is 0.300. The number of hydrogen-bond donors (Lipinski definition) is 2. The summed E-state index contributed by atoms with van der Waals surface area (Å²) in [6.45, 7) is 3.62. The molecule has 1 aromatic carbocycles. The second-order valence-electron chi connectivity index (χ2n) is 3.03. The minimum atomic E-state index is -0.223. The highest BCUT2D eigenvalue weighted by molar-refractivity contribution is 6.01. The number of Topliss-reactive ketones (excluding diaryl/α,β-unsaturated/α-hetero) is 1. The Labute approximate surface area is 77.2 Å². The maximum absolute atomic E-state index is 11.3. The van der Waals surface area contributed by atoms with Crippen molar-refractivity contribution in [2.75, 3.05) is 6.54 Å². The van der Waals surface area contributed by atoms with Gasteiger partial charge in [0.1, 0.15) is 5.75 Å². The minimum Gasteiger partial charge on any atom is -0.507 e. The number of carbonyl (C=O) groups is 1. The molecule has 0 heterocycles. The Morgan fingerprint density at radius 2 is 2.08 bits per heavy atom. The molecule has 1 rings (SSSR count). The molecule has 70 valence electrons. The summed E-state index contributed by atoms with van der Waals surface area (Å²) in [4.78, 5) is 11.3. The number of ketones is 1. The molecule has 0 aromatic heterocycles. The Bertz CT molecular complexity index is 345. The van der Waals surface area contributed by atoms with Crippen LogP contribution in [0.5, 0.6) is 5.75 Å². The topological polar surface area (TPSA) is 63.3 Å². The lowest BCUT2D eigenvalue weighted by Crippen LogP contribution is -2.15. The highest BCUT2D eigenvalue weighted by Crippen LogP contribution is 2.23. The second kappa shape index (κ2) is 3.58. The number of rotatable bonds is 2. The summed E-state index contributed by atoms with van der Waals surface area (Å²) >= 11 is 0. The number of aromatic hydroxyl groups is 1. The average Bonchev–Trinajstić information content (AvgIpc) is 2.12. The van der Waals surface area contributed by atoms with Gasteiger partial charge in [-0.25, -0.2) is 0 Å². The van der Waals surface area contributed by atoms with Gasteiger partial charge in [-0.2, -0.15) is 0 Å². The van der Waals surface area contributed by atoms with Gasteiger partial charge in [-0.3, -0.25) is 4.79 Å². The van der Waals surface area contributed by atoms with Crippen LogP contribution < -0.4 is 5.73 Å². The van der Waals surface area contributed by atoms with Crippen molar-refractivity contribution in [3.8, 4) is 5.75 Å². The predicted molar refractivity (Wildman–Crippen MR) is 51.0 cm³/mol. The molecule has 3 heteroatoms. The largest absolute Gasteiger partial charge is 0.507 e. The van der Waals surface area contributed by atoms with Crippen LogP contribution in [0.25, 0.3) is 0 Å². The molecule has 1 aromatic rings. The molecule has 0 atom stereocenters. The summed E-state index contributed by atoms with van der Waals surface area (Å²) in [6.07, 6.45) is 0. The molecule has 0 aliphatic carbocycles. The van der Waals surface area contributed by atoms with Gasteiger partial charge in [-0.05, 0) is 31.0 Å². The van der Waals surface area contributed by atoms with Gasteiger partial charge in [0.15, 0.2) is 5.78 Å². The normalized spacial score (nSPS) is 10.1. The van der Waals surface area contributed by atoms with Gasteiger partial charge in [0.05, 0.1) is 12.1 Å². The molecule has 0 unspecified atom stereocenters. The van der Waals surface area contributed by atoms with Gasteiger partial charge in [0.2, 0.25) is 0 Å². The summed E-state index contributed by atoms with van der Waals surface area (Å²) in [5.41, 5.74) is 7.36. The van der Waals surface area contributed by atoms with E-state index >= 15 is 0 Å². The standard InChI is InChI=1S/C10H13NO2/c1-6-3-4-8(12)10(7(6)2)9(13)5-11/h3-4,12H,5,11H2,1-2H3. The monoisotopic (exact) mass is 179 g/mol. The number of nitrogens with two attached hydrogens (primary N) is 1. The number of hydrogen-bond acceptors (Lipinski definition) is 3. The van der Waals surface area contributed by atoms with Crippen LogP contribution in [0.4, 0.5) is 0 Å². The Kier molecular flexibility index (Phi) is 2.68. The van der Waals surface area contributed by atoms with Crippen molar-refractivity contribution >= 4 is 5.78 Å². The lowest BCUT2D eigenvalue weighted by Gasteiger charge is -2.08. The van der Waals surface area contributed by atoms with Crippen LogP contribution >= 0.6 is 0 Å². The van der Waals surface area contributed by atoms with Crippen LogP contribution in [0.3, 0.4) is 0 Å². The molecule has 0 saturated heterocycles. The van der Waals surface area contributed by atoms with Crippen molar-refractivity contribution in [3.05, 3.63) is 28.8 Å². The zero-order valence-corrected chi connectivity index (χ0v) is 7.79. The molecule has 0 saturated carbocycles. The number of carbonyl (C=O) groups excluding carboxylic acids is 1. The van der Waals surface area contributed by atoms with Crippen LogP contribution in [0.15, 0.2) is 12.1 Å². The maximum Gasteiger partial charge on any atom is 0.180 e.